The lowest BCUT2D eigenvalue weighted by molar-refractivity contribution is -0.163. The van der Waals surface area contributed by atoms with Gasteiger partial charge in [-0.3, -0.25) is 4.79 Å². The minimum absolute atomic E-state index is 0.160. The first-order chi connectivity index (χ1) is 17.4. The summed E-state index contributed by atoms with van der Waals surface area (Å²) < 4.78 is 12.7. The molecular formula is C33H56O4. The van der Waals surface area contributed by atoms with Gasteiger partial charge in [0.1, 0.15) is 23.2 Å². The zero-order valence-electron chi connectivity index (χ0n) is 25.5. The van der Waals surface area contributed by atoms with Crippen LogP contribution in [0.1, 0.15) is 134 Å². The van der Waals surface area contributed by atoms with Crippen molar-refractivity contribution in [3.63, 3.8) is 0 Å². The van der Waals surface area contributed by atoms with E-state index in [9.17, 15) is 9.90 Å². The van der Waals surface area contributed by atoms with E-state index in [1.165, 1.54) is 38.5 Å². The van der Waals surface area contributed by atoms with Crippen LogP contribution >= 0.6 is 0 Å². The number of carbonyl (C=O) groups is 1. The van der Waals surface area contributed by atoms with Crippen molar-refractivity contribution in [1.82, 2.24) is 0 Å². The Bertz CT molecular complexity index is 874. The molecule has 212 valence electrons. The zero-order valence-corrected chi connectivity index (χ0v) is 25.5. The molecule has 0 fully saturated rings. The normalized spacial score (nSPS) is 20.9. The summed E-state index contributed by atoms with van der Waals surface area (Å²) in [6.45, 7) is 19.4. The summed E-state index contributed by atoms with van der Waals surface area (Å²) in [5, 5.41) is 10.6. The van der Waals surface area contributed by atoms with Gasteiger partial charge in [-0.05, 0) is 81.4 Å². The highest BCUT2D eigenvalue weighted by atomic mass is 16.6. The first-order valence-electron chi connectivity index (χ1n) is 15.1. The predicted molar refractivity (Wildman–Crippen MR) is 155 cm³/mol. The first-order valence-corrected chi connectivity index (χ1v) is 15.1. The molecule has 2 rings (SSSR count). The number of hydrogen-bond acceptors (Lipinski definition) is 4. The summed E-state index contributed by atoms with van der Waals surface area (Å²) in [5.74, 6) is 3.37. The second-order valence-electron chi connectivity index (χ2n) is 12.7. The first kappa shape index (κ1) is 31.5. The van der Waals surface area contributed by atoms with Crippen LogP contribution in [0, 0.1) is 38.5 Å². The van der Waals surface area contributed by atoms with Gasteiger partial charge in [-0.25, -0.2) is 0 Å². The fraction of sp³-hybridized carbons (Fsp3) is 0.788. The highest BCUT2D eigenvalue weighted by Gasteiger charge is 2.44. The molecule has 0 bridgehead atoms. The largest absolute Gasteiger partial charge is 0.507 e. The van der Waals surface area contributed by atoms with Gasteiger partial charge in [-0.1, -0.05) is 79.6 Å². The van der Waals surface area contributed by atoms with Gasteiger partial charge >= 0.3 is 5.97 Å². The molecule has 37 heavy (non-hydrogen) atoms. The molecule has 1 N–H and O–H groups in total. The molecule has 1 aliphatic rings. The summed E-state index contributed by atoms with van der Waals surface area (Å²) in [5.41, 5.74) is 3.10. The number of aromatic hydroxyl groups is 1. The van der Waals surface area contributed by atoms with Crippen LogP contribution in [0.4, 0.5) is 0 Å². The fourth-order valence-corrected chi connectivity index (χ4v) is 5.83. The number of carbonyl (C=O) groups excluding carboxylic acids is 1. The molecular weight excluding hydrogens is 460 g/mol. The van der Waals surface area contributed by atoms with Crippen LogP contribution in [-0.2, 0) is 16.0 Å². The summed E-state index contributed by atoms with van der Waals surface area (Å²) in [6, 6.07) is 0. The van der Waals surface area contributed by atoms with Gasteiger partial charge in [0.05, 0.1) is 0 Å². The van der Waals surface area contributed by atoms with Gasteiger partial charge in [0.15, 0.2) is 0 Å². The van der Waals surface area contributed by atoms with Crippen molar-refractivity contribution in [2.75, 3.05) is 0 Å². The van der Waals surface area contributed by atoms with Crippen molar-refractivity contribution in [2.45, 2.75) is 151 Å². The Kier molecular flexibility index (Phi) is 12.3. The molecule has 0 aliphatic carbocycles. The molecule has 0 saturated heterocycles. The molecule has 0 radical (unpaired) electrons. The van der Waals surface area contributed by atoms with E-state index in [-0.39, 0.29) is 12.1 Å². The zero-order chi connectivity index (χ0) is 27.8. The van der Waals surface area contributed by atoms with E-state index >= 15 is 0 Å². The van der Waals surface area contributed by atoms with Gasteiger partial charge < -0.3 is 14.6 Å². The van der Waals surface area contributed by atoms with Gasteiger partial charge in [-0.2, -0.15) is 0 Å². The number of benzene rings is 1. The molecule has 0 saturated carbocycles. The summed E-state index contributed by atoms with van der Waals surface area (Å²) in [4.78, 5) is 12.5. The van der Waals surface area contributed by atoms with Gasteiger partial charge in [0.2, 0.25) is 0 Å². The number of esters is 1. The number of ether oxygens (including phenoxy) is 2. The van der Waals surface area contributed by atoms with E-state index in [0.29, 0.717) is 24.5 Å². The molecule has 4 nitrogen and oxygen atoms in total. The third-order valence-corrected chi connectivity index (χ3v) is 8.72. The number of rotatable bonds is 15. The maximum Gasteiger partial charge on any atom is 0.306 e. The monoisotopic (exact) mass is 516 g/mol. The molecule has 1 aromatic rings. The van der Waals surface area contributed by atoms with Crippen molar-refractivity contribution in [1.29, 1.82) is 0 Å². The second-order valence-corrected chi connectivity index (χ2v) is 12.7. The molecule has 0 spiro atoms. The topological polar surface area (TPSA) is 55.8 Å². The summed E-state index contributed by atoms with van der Waals surface area (Å²) in [7, 11) is 0. The SMILES string of the molecule is CCCC(=O)OC1Cc2c(C)c(O)c(C)c(C)c2O[C@@]1(C)CCC[C@H](C)CCC[C@@H](C)CCCC(C)C. The Morgan fingerprint density at radius 3 is 2.08 bits per heavy atom. The lowest BCUT2D eigenvalue weighted by Crippen LogP contribution is -2.51. The Balaban J connectivity index is 1.99. The van der Waals surface area contributed by atoms with E-state index in [2.05, 4.69) is 34.6 Å². The number of fused-ring (bicyclic) bond motifs is 1. The summed E-state index contributed by atoms with van der Waals surface area (Å²) in [6.07, 6.45) is 12.5. The molecule has 1 heterocycles. The van der Waals surface area contributed by atoms with Crippen LogP contribution in [0.3, 0.4) is 0 Å². The Morgan fingerprint density at radius 1 is 0.946 bits per heavy atom. The van der Waals surface area contributed by atoms with Crippen LogP contribution in [0.2, 0.25) is 0 Å². The lowest BCUT2D eigenvalue weighted by atomic mass is 9.81. The molecule has 0 aromatic heterocycles. The Morgan fingerprint density at radius 2 is 1.51 bits per heavy atom. The van der Waals surface area contributed by atoms with Crippen molar-refractivity contribution >= 4 is 5.97 Å². The second kappa shape index (κ2) is 14.4. The fourth-order valence-electron chi connectivity index (χ4n) is 5.83. The van der Waals surface area contributed by atoms with Gasteiger partial charge in [0, 0.05) is 18.4 Å². The van der Waals surface area contributed by atoms with Crippen molar-refractivity contribution in [2.24, 2.45) is 17.8 Å². The highest BCUT2D eigenvalue weighted by Crippen LogP contribution is 2.45. The van der Waals surface area contributed by atoms with E-state index in [1.807, 2.05) is 27.7 Å². The van der Waals surface area contributed by atoms with E-state index in [4.69, 9.17) is 9.47 Å². The van der Waals surface area contributed by atoms with Crippen LogP contribution in [-0.4, -0.2) is 22.8 Å². The van der Waals surface area contributed by atoms with E-state index in [1.54, 1.807) is 0 Å². The highest BCUT2D eigenvalue weighted by molar-refractivity contribution is 5.70. The van der Waals surface area contributed by atoms with Gasteiger partial charge in [-0.15, -0.1) is 0 Å². The van der Waals surface area contributed by atoms with Crippen LogP contribution < -0.4 is 4.74 Å². The molecule has 4 atom stereocenters. The smallest absolute Gasteiger partial charge is 0.306 e. The van der Waals surface area contributed by atoms with Crippen molar-refractivity contribution in [3.8, 4) is 11.5 Å². The number of phenols is 1. The lowest BCUT2D eigenvalue weighted by Gasteiger charge is -2.43. The van der Waals surface area contributed by atoms with Crippen LogP contribution in [0.25, 0.3) is 0 Å². The minimum atomic E-state index is -0.568. The molecule has 1 unspecified atom stereocenters. The summed E-state index contributed by atoms with van der Waals surface area (Å²) >= 11 is 0. The average molecular weight is 517 g/mol. The Labute approximate surface area is 227 Å². The minimum Gasteiger partial charge on any atom is -0.507 e. The standard InChI is InChI=1S/C33H56O4/c1-10-14-30(34)36-29-21-28-27(8)31(35)25(6)26(7)32(28)37-33(29,9)20-13-19-24(5)18-12-17-23(4)16-11-15-22(2)3/h22-24,29,35H,10-21H2,1-9H3/t23-,24+,29?,33-/m0/s1. The van der Waals surface area contributed by atoms with Crippen molar-refractivity contribution in [3.05, 3.63) is 22.3 Å². The van der Waals surface area contributed by atoms with Crippen molar-refractivity contribution < 1.29 is 19.4 Å². The third kappa shape index (κ3) is 8.93. The van der Waals surface area contributed by atoms with E-state index in [0.717, 1.165) is 65.5 Å². The molecule has 1 aliphatic heterocycles. The molecule has 0 amide bonds. The molecule has 4 heteroatoms. The van der Waals surface area contributed by atoms with Gasteiger partial charge in [0.25, 0.3) is 0 Å². The van der Waals surface area contributed by atoms with Crippen LogP contribution in [0.15, 0.2) is 0 Å². The van der Waals surface area contributed by atoms with E-state index < -0.39 is 5.60 Å². The number of hydrogen-bond donors (Lipinski definition) is 1. The molecule has 1 aromatic carbocycles. The quantitative estimate of drug-likeness (QED) is 0.236. The maximum atomic E-state index is 12.5. The predicted octanol–water partition coefficient (Wildman–Crippen LogP) is 9.16. The Hall–Kier alpha value is -1.71. The average Bonchev–Trinajstić information content (AvgIpc) is 2.82. The van der Waals surface area contributed by atoms with Crippen LogP contribution in [0.5, 0.6) is 11.5 Å². The third-order valence-electron chi connectivity index (χ3n) is 8.72. The number of phenolic OH excluding ortho intramolecular Hbond substituents is 1. The maximum absolute atomic E-state index is 12.5.